The van der Waals surface area contributed by atoms with Crippen LogP contribution in [0.4, 0.5) is 0 Å². The number of nitrogens with zero attached hydrogens (tertiary/aromatic N) is 2. The Kier molecular flexibility index (Phi) is 1.89. The maximum Gasteiger partial charge on any atom is 0.371 e. The van der Waals surface area contributed by atoms with Crippen molar-refractivity contribution < 1.29 is 9.90 Å². The van der Waals surface area contributed by atoms with Crippen molar-refractivity contribution in [2.75, 3.05) is 0 Å². The summed E-state index contributed by atoms with van der Waals surface area (Å²) in [7, 11) is 0. The van der Waals surface area contributed by atoms with Crippen molar-refractivity contribution in [1.29, 1.82) is 0 Å². The topological polar surface area (TPSA) is 78.9 Å². The maximum atomic E-state index is 10.6. The van der Waals surface area contributed by atoms with Crippen molar-refractivity contribution >= 4 is 28.7 Å². The molecule has 2 heterocycles. The molecule has 0 saturated heterocycles. The van der Waals surface area contributed by atoms with E-state index in [0.29, 0.717) is 16.2 Å². The summed E-state index contributed by atoms with van der Waals surface area (Å²) in [5, 5.41) is 9.18. The van der Waals surface area contributed by atoms with Gasteiger partial charge in [-0.3, -0.25) is 0 Å². The molecule has 2 N–H and O–H groups in total. The van der Waals surface area contributed by atoms with Crippen LogP contribution in [-0.4, -0.2) is 26.0 Å². The molecule has 0 fully saturated rings. The van der Waals surface area contributed by atoms with Crippen molar-refractivity contribution in [3.63, 3.8) is 0 Å². The summed E-state index contributed by atoms with van der Waals surface area (Å²) in [5.74, 6) is -1.24. The molecule has 0 aliphatic rings. The van der Waals surface area contributed by atoms with Gasteiger partial charge in [0, 0.05) is 6.20 Å². The van der Waals surface area contributed by atoms with Crippen molar-refractivity contribution in [1.82, 2.24) is 15.0 Å². The minimum atomic E-state index is -1.11. The van der Waals surface area contributed by atoms with Gasteiger partial charge in [0.2, 0.25) is 5.82 Å². The monoisotopic (exact) mass is 211 g/mol. The minimum absolute atomic E-state index is 0.127. The molecule has 0 saturated carbocycles. The lowest BCUT2D eigenvalue weighted by atomic mass is 10.3. The van der Waals surface area contributed by atoms with Gasteiger partial charge in [-0.1, -0.05) is 11.6 Å². The summed E-state index contributed by atoms with van der Waals surface area (Å²) in [6, 6.07) is 0. The van der Waals surface area contributed by atoms with Crippen molar-refractivity contribution in [3.8, 4) is 0 Å². The van der Waals surface area contributed by atoms with Gasteiger partial charge in [0.25, 0.3) is 0 Å². The zero-order valence-electron chi connectivity index (χ0n) is 7.21. The van der Waals surface area contributed by atoms with Crippen molar-refractivity contribution in [3.05, 3.63) is 22.6 Å². The molecular formula is C8H6ClN3O2. The Hall–Kier alpha value is -1.62. The SMILES string of the molecule is Cc1c(Cl)cnc2nc(C(=O)O)[nH]c12. The molecule has 2 aromatic heterocycles. The number of H-pyrrole nitrogens is 1. The van der Waals surface area contributed by atoms with Crippen LogP contribution >= 0.6 is 11.6 Å². The molecule has 0 amide bonds. The Balaban J connectivity index is 2.77. The molecule has 0 radical (unpaired) electrons. The normalized spacial score (nSPS) is 10.7. The third-order valence-electron chi connectivity index (χ3n) is 1.92. The lowest BCUT2D eigenvalue weighted by Gasteiger charge is -1.95. The number of hydrogen-bond acceptors (Lipinski definition) is 3. The number of aromatic nitrogens is 3. The standard InChI is InChI=1S/C8H6ClN3O2/c1-3-4(9)2-10-6-5(3)11-7(12-6)8(13)14/h2H,1H3,(H,13,14)(H,10,11,12). The first kappa shape index (κ1) is 8.96. The van der Waals surface area contributed by atoms with E-state index in [9.17, 15) is 4.79 Å². The van der Waals surface area contributed by atoms with Gasteiger partial charge >= 0.3 is 5.97 Å². The van der Waals surface area contributed by atoms with Crippen LogP contribution in [0.2, 0.25) is 5.02 Å². The molecule has 6 heteroatoms. The van der Waals surface area contributed by atoms with E-state index in [0.717, 1.165) is 5.56 Å². The fourth-order valence-corrected chi connectivity index (χ4v) is 1.30. The number of halogens is 1. The number of carboxylic acids is 1. The summed E-state index contributed by atoms with van der Waals surface area (Å²) in [5.41, 5.74) is 1.68. The zero-order chi connectivity index (χ0) is 10.3. The second-order valence-electron chi connectivity index (χ2n) is 2.82. The van der Waals surface area contributed by atoms with Crippen LogP contribution in [0.25, 0.3) is 11.2 Å². The van der Waals surface area contributed by atoms with Gasteiger partial charge in [0.1, 0.15) is 0 Å². The van der Waals surface area contributed by atoms with E-state index in [-0.39, 0.29) is 5.82 Å². The van der Waals surface area contributed by atoms with E-state index in [4.69, 9.17) is 16.7 Å². The molecule has 0 atom stereocenters. The number of fused-ring (bicyclic) bond motifs is 1. The fourth-order valence-electron chi connectivity index (χ4n) is 1.15. The van der Waals surface area contributed by atoms with E-state index in [2.05, 4.69) is 15.0 Å². The van der Waals surface area contributed by atoms with Crippen molar-refractivity contribution in [2.45, 2.75) is 6.92 Å². The number of pyridine rings is 1. The first-order valence-electron chi connectivity index (χ1n) is 3.83. The summed E-state index contributed by atoms with van der Waals surface area (Å²) >= 11 is 5.82. The molecule has 0 unspecified atom stereocenters. The van der Waals surface area contributed by atoms with E-state index in [1.807, 2.05) is 0 Å². The average Bonchev–Trinajstić information content (AvgIpc) is 2.56. The summed E-state index contributed by atoms with van der Waals surface area (Å²) in [6.07, 6.45) is 1.45. The number of nitrogens with one attached hydrogen (secondary N) is 1. The number of carboxylic acid groups (broad SMARTS) is 1. The number of rotatable bonds is 1. The predicted octanol–water partition coefficient (Wildman–Crippen LogP) is 1.62. The Bertz CT molecular complexity index is 521. The van der Waals surface area contributed by atoms with Crippen LogP contribution in [0.3, 0.4) is 0 Å². The molecule has 0 aromatic carbocycles. The van der Waals surface area contributed by atoms with Crippen LogP contribution in [-0.2, 0) is 0 Å². The number of hydrogen-bond donors (Lipinski definition) is 2. The average molecular weight is 212 g/mol. The van der Waals surface area contributed by atoms with Crippen LogP contribution in [0.5, 0.6) is 0 Å². The van der Waals surface area contributed by atoms with Gasteiger partial charge in [-0.05, 0) is 12.5 Å². The second-order valence-corrected chi connectivity index (χ2v) is 3.23. The van der Waals surface area contributed by atoms with Crippen LogP contribution < -0.4 is 0 Å². The maximum absolute atomic E-state index is 10.6. The van der Waals surface area contributed by atoms with Gasteiger partial charge in [-0.15, -0.1) is 0 Å². The second kappa shape index (κ2) is 2.95. The molecule has 0 bridgehead atoms. The van der Waals surface area contributed by atoms with E-state index < -0.39 is 5.97 Å². The number of aromatic amines is 1. The highest BCUT2D eigenvalue weighted by molar-refractivity contribution is 6.31. The highest BCUT2D eigenvalue weighted by Gasteiger charge is 2.12. The van der Waals surface area contributed by atoms with E-state index >= 15 is 0 Å². The van der Waals surface area contributed by atoms with Gasteiger partial charge in [-0.25, -0.2) is 14.8 Å². The first-order chi connectivity index (χ1) is 6.59. The molecule has 2 rings (SSSR count). The third-order valence-corrected chi connectivity index (χ3v) is 2.30. The quantitative estimate of drug-likeness (QED) is 0.751. The summed E-state index contributed by atoms with van der Waals surface area (Å²) in [6.45, 7) is 1.77. The largest absolute Gasteiger partial charge is 0.475 e. The van der Waals surface area contributed by atoms with Crippen molar-refractivity contribution in [2.24, 2.45) is 0 Å². The highest BCUT2D eigenvalue weighted by Crippen LogP contribution is 2.21. The summed E-state index contributed by atoms with van der Waals surface area (Å²) < 4.78 is 0. The van der Waals surface area contributed by atoms with Crippen LogP contribution in [0, 0.1) is 6.92 Å². The third kappa shape index (κ3) is 1.22. The number of carbonyl (C=O) groups is 1. The smallest absolute Gasteiger partial charge is 0.371 e. The molecular weight excluding hydrogens is 206 g/mol. The lowest BCUT2D eigenvalue weighted by molar-refractivity contribution is 0.0685. The molecule has 0 spiro atoms. The highest BCUT2D eigenvalue weighted by atomic mass is 35.5. The number of imidazole rings is 1. The first-order valence-corrected chi connectivity index (χ1v) is 4.21. The molecule has 72 valence electrons. The predicted molar refractivity (Wildman–Crippen MR) is 50.6 cm³/mol. The number of aryl methyl sites for hydroxylation is 1. The molecule has 0 aliphatic carbocycles. The molecule has 14 heavy (non-hydrogen) atoms. The van der Waals surface area contributed by atoms with Crippen LogP contribution in [0.1, 0.15) is 16.2 Å². The lowest BCUT2D eigenvalue weighted by Crippen LogP contribution is -1.97. The van der Waals surface area contributed by atoms with Gasteiger partial charge in [-0.2, -0.15) is 0 Å². The fraction of sp³-hybridized carbons (Fsp3) is 0.125. The van der Waals surface area contributed by atoms with Gasteiger partial charge in [0.05, 0.1) is 10.5 Å². The molecule has 0 aliphatic heterocycles. The van der Waals surface area contributed by atoms with E-state index in [1.165, 1.54) is 6.20 Å². The Morgan fingerprint density at radius 1 is 1.64 bits per heavy atom. The Morgan fingerprint density at radius 2 is 2.36 bits per heavy atom. The van der Waals surface area contributed by atoms with Gasteiger partial charge in [0.15, 0.2) is 5.65 Å². The minimum Gasteiger partial charge on any atom is -0.475 e. The Labute approximate surface area is 83.8 Å². The zero-order valence-corrected chi connectivity index (χ0v) is 7.96. The van der Waals surface area contributed by atoms with Crippen LogP contribution in [0.15, 0.2) is 6.20 Å². The van der Waals surface area contributed by atoms with E-state index in [1.54, 1.807) is 6.92 Å². The Morgan fingerprint density at radius 3 is 3.00 bits per heavy atom. The molecule has 5 nitrogen and oxygen atoms in total. The van der Waals surface area contributed by atoms with Gasteiger partial charge < -0.3 is 10.1 Å². The molecule has 2 aromatic rings. The number of aromatic carboxylic acids is 1. The summed E-state index contributed by atoms with van der Waals surface area (Å²) in [4.78, 5) is 21.0.